The molecular weight excluding hydrogens is 504 g/mol. The molecule has 0 radical (unpaired) electrons. The quantitative estimate of drug-likeness (QED) is 0.472. The van der Waals surface area contributed by atoms with Crippen LogP contribution in [0.25, 0.3) is 0 Å². The number of carbonyl (C=O) groups excluding carboxylic acids is 2. The molecule has 1 unspecified atom stereocenters. The van der Waals surface area contributed by atoms with Gasteiger partial charge < -0.3 is 15.5 Å². The predicted octanol–water partition coefficient (Wildman–Crippen LogP) is 5.13. The van der Waals surface area contributed by atoms with Crippen molar-refractivity contribution in [2.24, 2.45) is 0 Å². The molecule has 2 aromatic carbocycles. The van der Waals surface area contributed by atoms with E-state index in [4.69, 9.17) is 46.4 Å². The second kappa shape index (κ2) is 10.8. The van der Waals surface area contributed by atoms with Crippen molar-refractivity contribution in [3.05, 3.63) is 67.6 Å². The fourth-order valence-corrected chi connectivity index (χ4v) is 5.05. The molecule has 1 aliphatic carbocycles. The SMILES string of the molecule is CC(CN(C)C)NC(=O)[C@H](Cc1ccc(Cl)cc1Cl)NC(=O)C1(c2ccc(Cl)cc2Cl)CC1. The van der Waals surface area contributed by atoms with Crippen molar-refractivity contribution in [1.29, 1.82) is 0 Å². The molecule has 0 saturated heterocycles. The average Bonchev–Trinajstić information content (AvgIpc) is 3.50. The molecule has 2 atom stereocenters. The number of benzene rings is 2. The van der Waals surface area contributed by atoms with Crippen LogP contribution in [-0.2, 0) is 21.4 Å². The summed E-state index contributed by atoms with van der Waals surface area (Å²) in [5.41, 5.74) is 0.672. The lowest BCUT2D eigenvalue weighted by Crippen LogP contribution is -2.53. The lowest BCUT2D eigenvalue weighted by molar-refractivity contribution is -0.130. The zero-order valence-corrected chi connectivity index (χ0v) is 21.7. The highest BCUT2D eigenvalue weighted by Crippen LogP contribution is 2.51. The molecule has 178 valence electrons. The minimum Gasteiger partial charge on any atom is -0.351 e. The number of hydrogen-bond acceptors (Lipinski definition) is 3. The summed E-state index contributed by atoms with van der Waals surface area (Å²) in [6.45, 7) is 2.58. The molecule has 1 saturated carbocycles. The number of halogens is 4. The number of nitrogens with one attached hydrogen (secondary N) is 2. The minimum atomic E-state index is -0.815. The van der Waals surface area contributed by atoms with Crippen LogP contribution < -0.4 is 10.6 Å². The van der Waals surface area contributed by atoms with Gasteiger partial charge >= 0.3 is 0 Å². The third-order valence-corrected chi connectivity index (χ3v) is 6.85. The van der Waals surface area contributed by atoms with Gasteiger partial charge in [-0.25, -0.2) is 0 Å². The van der Waals surface area contributed by atoms with Crippen LogP contribution in [0.2, 0.25) is 20.1 Å². The van der Waals surface area contributed by atoms with Crippen molar-refractivity contribution in [3.63, 3.8) is 0 Å². The van der Waals surface area contributed by atoms with Gasteiger partial charge in [0, 0.05) is 39.1 Å². The maximum atomic E-state index is 13.4. The van der Waals surface area contributed by atoms with E-state index in [9.17, 15) is 9.59 Å². The predicted molar refractivity (Wildman–Crippen MR) is 136 cm³/mol. The molecule has 0 heterocycles. The first kappa shape index (κ1) is 26.1. The van der Waals surface area contributed by atoms with Gasteiger partial charge in [-0.15, -0.1) is 0 Å². The van der Waals surface area contributed by atoms with Gasteiger partial charge in [0.1, 0.15) is 6.04 Å². The number of rotatable bonds is 9. The van der Waals surface area contributed by atoms with E-state index in [0.29, 0.717) is 39.5 Å². The zero-order valence-electron chi connectivity index (χ0n) is 18.7. The van der Waals surface area contributed by atoms with Crippen LogP contribution in [0.1, 0.15) is 30.9 Å². The maximum absolute atomic E-state index is 13.4. The Kier molecular flexibility index (Phi) is 8.57. The van der Waals surface area contributed by atoms with Crippen molar-refractivity contribution in [3.8, 4) is 0 Å². The third kappa shape index (κ3) is 6.55. The first-order valence-corrected chi connectivity index (χ1v) is 12.2. The molecule has 3 rings (SSSR count). The van der Waals surface area contributed by atoms with E-state index >= 15 is 0 Å². The Hall–Kier alpha value is -1.50. The standard InChI is InChI=1S/C24H27Cl4N3O2/c1-14(13-31(2)3)29-22(32)21(10-15-4-5-16(25)11-19(15)27)30-23(33)24(8-9-24)18-7-6-17(26)12-20(18)28/h4-7,11-12,14,21H,8-10,13H2,1-3H3,(H,29,32)(H,30,33)/t14?,21-/m0/s1. The molecule has 5 nitrogen and oxygen atoms in total. The molecule has 9 heteroatoms. The van der Waals surface area contributed by atoms with E-state index < -0.39 is 11.5 Å². The van der Waals surface area contributed by atoms with Gasteiger partial charge in [-0.05, 0) is 69.3 Å². The number of amides is 2. The van der Waals surface area contributed by atoms with Gasteiger partial charge in [-0.2, -0.15) is 0 Å². The summed E-state index contributed by atoms with van der Waals surface area (Å²) in [6, 6.07) is 9.31. The van der Waals surface area contributed by atoms with E-state index in [2.05, 4.69) is 10.6 Å². The monoisotopic (exact) mass is 529 g/mol. The van der Waals surface area contributed by atoms with Gasteiger partial charge in [0.25, 0.3) is 0 Å². The highest BCUT2D eigenvalue weighted by Gasteiger charge is 2.53. The molecule has 1 fully saturated rings. The van der Waals surface area contributed by atoms with Crippen LogP contribution in [-0.4, -0.2) is 49.4 Å². The summed E-state index contributed by atoms with van der Waals surface area (Å²) in [7, 11) is 3.87. The molecule has 0 bridgehead atoms. The highest BCUT2D eigenvalue weighted by atomic mass is 35.5. The largest absolute Gasteiger partial charge is 0.351 e. The highest BCUT2D eigenvalue weighted by molar-refractivity contribution is 6.35. The first-order chi connectivity index (χ1) is 15.5. The Morgan fingerprint density at radius 2 is 1.58 bits per heavy atom. The van der Waals surface area contributed by atoms with Crippen LogP contribution in [0.5, 0.6) is 0 Å². The lowest BCUT2D eigenvalue weighted by atomic mass is 9.94. The normalized spacial score (nSPS) is 16.2. The molecule has 33 heavy (non-hydrogen) atoms. The number of carbonyl (C=O) groups is 2. The molecule has 0 aliphatic heterocycles. The summed E-state index contributed by atoms with van der Waals surface area (Å²) < 4.78 is 0. The van der Waals surface area contributed by atoms with Crippen LogP contribution in [0.15, 0.2) is 36.4 Å². The van der Waals surface area contributed by atoms with Gasteiger partial charge in [-0.3, -0.25) is 9.59 Å². The van der Waals surface area contributed by atoms with Crippen molar-refractivity contribution < 1.29 is 9.59 Å². The summed E-state index contributed by atoms with van der Waals surface area (Å²) in [5, 5.41) is 7.84. The smallest absolute Gasteiger partial charge is 0.243 e. The average molecular weight is 531 g/mol. The van der Waals surface area contributed by atoms with Gasteiger partial charge in [0.05, 0.1) is 5.41 Å². The van der Waals surface area contributed by atoms with Crippen molar-refractivity contribution >= 4 is 58.2 Å². The lowest BCUT2D eigenvalue weighted by Gasteiger charge is -2.26. The van der Waals surface area contributed by atoms with E-state index in [0.717, 1.165) is 11.1 Å². The Morgan fingerprint density at radius 3 is 2.12 bits per heavy atom. The van der Waals surface area contributed by atoms with E-state index in [1.165, 1.54) is 0 Å². The second-order valence-corrected chi connectivity index (χ2v) is 10.5. The van der Waals surface area contributed by atoms with Crippen LogP contribution >= 0.6 is 46.4 Å². The van der Waals surface area contributed by atoms with Crippen LogP contribution in [0, 0.1) is 0 Å². The van der Waals surface area contributed by atoms with Gasteiger partial charge in [0.15, 0.2) is 0 Å². The van der Waals surface area contributed by atoms with Crippen LogP contribution in [0.3, 0.4) is 0 Å². The molecular formula is C24H27Cl4N3O2. The Bertz CT molecular complexity index is 1040. The topological polar surface area (TPSA) is 61.4 Å². The summed E-state index contributed by atoms with van der Waals surface area (Å²) >= 11 is 24.8. The Morgan fingerprint density at radius 1 is 0.970 bits per heavy atom. The van der Waals surface area contributed by atoms with E-state index in [-0.39, 0.29) is 24.3 Å². The Balaban J connectivity index is 1.83. The molecule has 0 spiro atoms. The number of likely N-dealkylation sites (N-methyl/N-ethyl adjacent to an activating group) is 1. The van der Waals surface area contributed by atoms with Crippen molar-refractivity contribution in [1.82, 2.24) is 15.5 Å². The van der Waals surface area contributed by atoms with Gasteiger partial charge in [0.2, 0.25) is 11.8 Å². The maximum Gasteiger partial charge on any atom is 0.243 e. The number of nitrogens with zero attached hydrogens (tertiary/aromatic N) is 1. The zero-order chi connectivity index (χ0) is 24.3. The molecule has 1 aliphatic rings. The summed E-state index contributed by atoms with van der Waals surface area (Å²) in [4.78, 5) is 28.6. The minimum absolute atomic E-state index is 0.104. The van der Waals surface area contributed by atoms with E-state index in [1.54, 1.807) is 36.4 Å². The fraction of sp³-hybridized carbons (Fsp3) is 0.417. The first-order valence-electron chi connectivity index (χ1n) is 10.7. The summed E-state index contributed by atoms with van der Waals surface area (Å²) in [6.07, 6.45) is 1.52. The summed E-state index contributed by atoms with van der Waals surface area (Å²) in [5.74, 6) is -0.515. The Labute approximate surface area is 214 Å². The fourth-order valence-electron chi connectivity index (χ4n) is 3.97. The molecule has 0 aromatic heterocycles. The van der Waals surface area contributed by atoms with E-state index in [1.807, 2.05) is 25.9 Å². The van der Waals surface area contributed by atoms with Crippen molar-refractivity contribution in [2.75, 3.05) is 20.6 Å². The van der Waals surface area contributed by atoms with Crippen LogP contribution in [0.4, 0.5) is 0 Å². The molecule has 2 N–H and O–H groups in total. The van der Waals surface area contributed by atoms with Crippen molar-refractivity contribution in [2.45, 2.75) is 43.7 Å². The second-order valence-electron chi connectivity index (χ2n) is 8.84. The molecule has 2 aromatic rings. The number of hydrogen-bond donors (Lipinski definition) is 2. The van der Waals surface area contributed by atoms with Gasteiger partial charge in [-0.1, -0.05) is 58.5 Å². The molecule has 2 amide bonds. The third-order valence-electron chi connectivity index (χ3n) is 5.72.